The number of hydrogen-bond acceptors (Lipinski definition) is 4. The van der Waals surface area contributed by atoms with Gasteiger partial charge in [0.05, 0.1) is 18.0 Å². The van der Waals surface area contributed by atoms with E-state index in [9.17, 15) is 4.79 Å². The molecule has 1 amide bonds. The summed E-state index contributed by atoms with van der Waals surface area (Å²) in [7, 11) is 1.64. The molecule has 5 nitrogen and oxygen atoms in total. The number of imidazole rings is 1. The molecule has 0 radical (unpaired) electrons. The lowest BCUT2D eigenvalue weighted by Crippen LogP contribution is -2.22. The molecule has 3 aromatic rings. The Morgan fingerprint density at radius 2 is 2.00 bits per heavy atom. The van der Waals surface area contributed by atoms with Crippen LogP contribution < -0.4 is 10.1 Å². The SMILES string of the molecule is COc1cccc(-n2ccnc2SC(C)C(=O)Nc2ccccc2)c1. The summed E-state index contributed by atoms with van der Waals surface area (Å²) in [6.45, 7) is 1.87. The van der Waals surface area contributed by atoms with Gasteiger partial charge in [0.2, 0.25) is 5.91 Å². The van der Waals surface area contributed by atoms with Gasteiger partial charge in [0, 0.05) is 24.1 Å². The molecule has 3 rings (SSSR count). The summed E-state index contributed by atoms with van der Waals surface area (Å²) < 4.78 is 7.22. The summed E-state index contributed by atoms with van der Waals surface area (Å²) in [6, 6.07) is 17.2. The van der Waals surface area contributed by atoms with E-state index in [4.69, 9.17) is 4.74 Å². The van der Waals surface area contributed by atoms with Crippen LogP contribution in [0.4, 0.5) is 5.69 Å². The largest absolute Gasteiger partial charge is 0.497 e. The molecular weight excluding hydrogens is 334 g/mol. The minimum absolute atomic E-state index is 0.0589. The van der Waals surface area contributed by atoms with Crippen molar-refractivity contribution >= 4 is 23.4 Å². The maximum Gasteiger partial charge on any atom is 0.237 e. The van der Waals surface area contributed by atoms with Gasteiger partial charge in [0.15, 0.2) is 5.16 Å². The predicted molar refractivity (Wildman–Crippen MR) is 101 cm³/mol. The van der Waals surface area contributed by atoms with Crippen molar-refractivity contribution in [3.05, 3.63) is 67.0 Å². The second-order valence-electron chi connectivity index (χ2n) is 5.40. The quantitative estimate of drug-likeness (QED) is 0.681. The number of aromatic nitrogens is 2. The van der Waals surface area contributed by atoms with Crippen LogP contribution in [-0.2, 0) is 4.79 Å². The fourth-order valence-corrected chi connectivity index (χ4v) is 3.19. The van der Waals surface area contributed by atoms with Gasteiger partial charge in [0.25, 0.3) is 0 Å². The first-order valence-electron chi connectivity index (χ1n) is 7.87. The van der Waals surface area contributed by atoms with Crippen molar-refractivity contribution in [1.29, 1.82) is 0 Å². The Bertz CT molecular complexity index is 849. The number of carbonyl (C=O) groups excluding carboxylic acids is 1. The molecule has 0 aliphatic heterocycles. The third-order valence-corrected chi connectivity index (χ3v) is 4.71. The zero-order chi connectivity index (χ0) is 17.6. The van der Waals surface area contributed by atoms with Gasteiger partial charge in [-0.2, -0.15) is 0 Å². The van der Waals surface area contributed by atoms with Crippen molar-refractivity contribution in [3.8, 4) is 11.4 Å². The summed E-state index contributed by atoms with van der Waals surface area (Å²) in [5.41, 5.74) is 1.73. The molecule has 6 heteroatoms. The average molecular weight is 353 g/mol. The predicted octanol–water partition coefficient (Wildman–Crippen LogP) is 4.00. The molecule has 0 saturated carbocycles. The molecule has 0 fully saturated rings. The molecule has 1 heterocycles. The highest BCUT2D eigenvalue weighted by Gasteiger charge is 2.18. The first-order chi connectivity index (χ1) is 12.2. The number of methoxy groups -OCH3 is 1. The highest BCUT2D eigenvalue weighted by molar-refractivity contribution is 8.00. The summed E-state index contributed by atoms with van der Waals surface area (Å²) in [4.78, 5) is 16.8. The number of nitrogens with one attached hydrogen (secondary N) is 1. The lowest BCUT2D eigenvalue weighted by Gasteiger charge is -2.13. The molecule has 25 heavy (non-hydrogen) atoms. The molecule has 0 saturated heterocycles. The zero-order valence-electron chi connectivity index (χ0n) is 14.0. The van der Waals surface area contributed by atoms with Crippen LogP contribution in [0.25, 0.3) is 5.69 Å². The normalized spacial score (nSPS) is 11.8. The van der Waals surface area contributed by atoms with E-state index in [0.29, 0.717) is 0 Å². The van der Waals surface area contributed by atoms with E-state index in [1.54, 1.807) is 13.3 Å². The fourth-order valence-electron chi connectivity index (χ4n) is 2.31. The Morgan fingerprint density at radius 3 is 2.76 bits per heavy atom. The van der Waals surface area contributed by atoms with Gasteiger partial charge in [-0.05, 0) is 31.2 Å². The van der Waals surface area contributed by atoms with E-state index in [2.05, 4.69) is 10.3 Å². The molecule has 2 aromatic carbocycles. The fraction of sp³-hybridized carbons (Fsp3) is 0.158. The topological polar surface area (TPSA) is 56.2 Å². The Labute approximate surface area is 151 Å². The van der Waals surface area contributed by atoms with Crippen molar-refractivity contribution in [2.45, 2.75) is 17.3 Å². The summed E-state index contributed by atoms with van der Waals surface area (Å²) in [5.74, 6) is 0.716. The molecule has 0 spiro atoms. The van der Waals surface area contributed by atoms with Gasteiger partial charge >= 0.3 is 0 Å². The Morgan fingerprint density at radius 1 is 1.20 bits per heavy atom. The summed E-state index contributed by atoms with van der Waals surface area (Å²) in [6.07, 6.45) is 3.60. The van der Waals surface area contributed by atoms with Crippen LogP contribution in [0.15, 0.2) is 72.1 Å². The van der Waals surface area contributed by atoms with Gasteiger partial charge in [-0.15, -0.1) is 0 Å². The number of thioether (sulfide) groups is 1. The maximum absolute atomic E-state index is 12.4. The smallest absolute Gasteiger partial charge is 0.237 e. The molecule has 0 aliphatic carbocycles. The van der Waals surface area contributed by atoms with Gasteiger partial charge in [0.1, 0.15) is 5.75 Å². The van der Waals surface area contributed by atoms with E-state index < -0.39 is 0 Å². The van der Waals surface area contributed by atoms with Crippen LogP contribution in [-0.4, -0.2) is 27.8 Å². The highest BCUT2D eigenvalue weighted by atomic mass is 32.2. The number of carbonyl (C=O) groups is 1. The Hall–Kier alpha value is -2.73. The minimum Gasteiger partial charge on any atom is -0.497 e. The molecule has 1 unspecified atom stereocenters. The molecule has 128 valence electrons. The van der Waals surface area contributed by atoms with Gasteiger partial charge in [-0.3, -0.25) is 9.36 Å². The number of benzene rings is 2. The Kier molecular flexibility index (Phi) is 5.40. The number of amides is 1. The van der Waals surface area contributed by atoms with E-state index >= 15 is 0 Å². The van der Waals surface area contributed by atoms with Crippen LogP contribution in [0.2, 0.25) is 0 Å². The third-order valence-electron chi connectivity index (χ3n) is 3.63. The van der Waals surface area contributed by atoms with Crippen LogP contribution in [0.5, 0.6) is 5.75 Å². The summed E-state index contributed by atoms with van der Waals surface area (Å²) in [5, 5.41) is 3.38. The molecule has 1 N–H and O–H groups in total. The molecule has 0 bridgehead atoms. The van der Waals surface area contributed by atoms with E-state index in [0.717, 1.165) is 22.3 Å². The molecule has 1 aromatic heterocycles. The number of nitrogens with zero attached hydrogens (tertiary/aromatic N) is 2. The van der Waals surface area contributed by atoms with Crippen LogP contribution in [0, 0.1) is 0 Å². The Balaban J connectivity index is 1.73. The van der Waals surface area contributed by atoms with Crippen molar-refractivity contribution < 1.29 is 9.53 Å². The van der Waals surface area contributed by atoms with Crippen molar-refractivity contribution in [1.82, 2.24) is 9.55 Å². The van der Waals surface area contributed by atoms with Gasteiger partial charge in [-0.25, -0.2) is 4.98 Å². The van der Waals surface area contributed by atoms with Crippen molar-refractivity contribution in [2.24, 2.45) is 0 Å². The van der Waals surface area contributed by atoms with Crippen LogP contribution >= 0.6 is 11.8 Å². The molecule has 0 aliphatic rings. The van der Waals surface area contributed by atoms with Crippen molar-refractivity contribution in [2.75, 3.05) is 12.4 Å². The number of ether oxygens (including phenoxy) is 1. The van der Waals surface area contributed by atoms with Gasteiger partial charge < -0.3 is 10.1 Å². The monoisotopic (exact) mass is 353 g/mol. The number of para-hydroxylation sites is 1. The first kappa shape index (κ1) is 17.1. The summed E-state index contributed by atoms with van der Waals surface area (Å²) >= 11 is 1.41. The van der Waals surface area contributed by atoms with Crippen molar-refractivity contribution in [3.63, 3.8) is 0 Å². The maximum atomic E-state index is 12.4. The number of hydrogen-bond donors (Lipinski definition) is 1. The van der Waals surface area contributed by atoms with E-state index in [1.165, 1.54) is 11.8 Å². The number of rotatable bonds is 6. The minimum atomic E-state index is -0.285. The van der Waals surface area contributed by atoms with Crippen LogP contribution in [0.3, 0.4) is 0 Å². The molecular formula is C19H19N3O2S. The lowest BCUT2D eigenvalue weighted by molar-refractivity contribution is -0.115. The highest BCUT2D eigenvalue weighted by Crippen LogP contribution is 2.26. The average Bonchev–Trinajstić information content (AvgIpc) is 3.10. The standard InChI is InChI=1S/C19H19N3O2S/c1-14(18(23)21-15-7-4-3-5-8-15)25-19-20-11-12-22(19)16-9-6-10-17(13-16)24-2/h3-14H,1-2H3,(H,21,23). The van der Waals surface area contributed by atoms with Gasteiger partial charge in [-0.1, -0.05) is 36.0 Å². The first-order valence-corrected chi connectivity index (χ1v) is 8.75. The number of anilines is 1. The second-order valence-corrected chi connectivity index (χ2v) is 6.70. The second kappa shape index (κ2) is 7.90. The molecule has 1 atom stereocenters. The lowest BCUT2D eigenvalue weighted by atomic mass is 10.3. The van der Waals surface area contributed by atoms with Crippen LogP contribution in [0.1, 0.15) is 6.92 Å². The zero-order valence-corrected chi connectivity index (χ0v) is 14.9. The van der Waals surface area contributed by atoms with E-state index in [-0.39, 0.29) is 11.2 Å². The third kappa shape index (κ3) is 4.22. The van der Waals surface area contributed by atoms with E-state index in [1.807, 2.05) is 72.3 Å².